The molecule has 1 aromatic heterocycles. The van der Waals surface area contributed by atoms with Gasteiger partial charge in [-0.1, -0.05) is 36.4 Å². The summed E-state index contributed by atoms with van der Waals surface area (Å²) in [7, 11) is -3.49. The summed E-state index contributed by atoms with van der Waals surface area (Å²) in [6.07, 6.45) is 1.82. The number of nitrogens with zero attached hydrogens (tertiary/aromatic N) is 2. The standard InChI is InChI=1S/C26H26N4O3S/c27-25(31)22-7-4-8-23-24(22)29-26(28-23)19-14-16-30(17-19)15-13-18-9-11-21(12-10-18)34(32,33)20-5-2-1-3-6-20/h1-12,19H,13-17H2,(H2,27,31)(H,28,29). The Labute approximate surface area is 198 Å². The first-order chi connectivity index (χ1) is 16.4. The lowest BCUT2D eigenvalue weighted by atomic mass is 10.1. The van der Waals surface area contributed by atoms with Crippen LogP contribution in [0.15, 0.2) is 82.6 Å². The Bertz CT molecular complexity index is 1430. The van der Waals surface area contributed by atoms with Crippen LogP contribution in [0.2, 0.25) is 0 Å². The number of sulfone groups is 1. The number of aromatic amines is 1. The molecule has 1 amide bonds. The number of H-pyrrole nitrogens is 1. The lowest BCUT2D eigenvalue weighted by Crippen LogP contribution is -2.23. The largest absolute Gasteiger partial charge is 0.366 e. The van der Waals surface area contributed by atoms with Crippen molar-refractivity contribution >= 4 is 26.8 Å². The molecule has 1 saturated heterocycles. The fourth-order valence-electron chi connectivity index (χ4n) is 4.56. The van der Waals surface area contributed by atoms with E-state index in [9.17, 15) is 13.2 Å². The summed E-state index contributed by atoms with van der Waals surface area (Å²) in [5.41, 5.74) is 8.49. The molecule has 7 nitrogen and oxygen atoms in total. The van der Waals surface area contributed by atoms with Gasteiger partial charge in [0.1, 0.15) is 11.3 Å². The summed E-state index contributed by atoms with van der Waals surface area (Å²) in [5, 5.41) is 0. The van der Waals surface area contributed by atoms with Gasteiger partial charge in [-0.05, 0) is 61.3 Å². The SMILES string of the molecule is NC(=O)c1cccc2[nH]c(C3CCN(CCc4ccc(S(=O)(=O)c5ccccc5)cc4)C3)nc12. The number of para-hydroxylation sites is 1. The fraction of sp³-hybridized carbons (Fsp3) is 0.231. The van der Waals surface area contributed by atoms with Gasteiger partial charge in [-0.3, -0.25) is 4.79 Å². The number of amides is 1. The number of primary amides is 1. The molecule has 0 spiro atoms. The highest BCUT2D eigenvalue weighted by Crippen LogP contribution is 2.28. The molecule has 0 radical (unpaired) electrons. The molecule has 8 heteroatoms. The van der Waals surface area contributed by atoms with Crippen LogP contribution in [0.25, 0.3) is 11.0 Å². The minimum Gasteiger partial charge on any atom is -0.366 e. The number of hydrogen-bond acceptors (Lipinski definition) is 5. The number of imidazole rings is 1. The van der Waals surface area contributed by atoms with E-state index in [0.717, 1.165) is 49.4 Å². The summed E-state index contributed by atoms with van der Waals surface area (Å²) >= 11 is 0. The molecule has 3 N–H and O–H groups in total. The van der Waals surface area contributed by atoms with Crippen LogP contribution in [0.1, 0.15) is 34.1 Å². The molecule has 0 bridgehead atoms. The van der Waals surface area contributed by atoms with E-state index in [1.54, 1.807) is 48.5 Å². The highest BCUT2D eigenvalue weighted by molar-refractivity contribution is 7.91. The lowest BCUT2D eigenvalue weighted by molar-refractivity contribution is 0.100. The van der Waals surface area contributed by atoms with Gasteiger partial charge in [0.05, 0.1) is 20.9 Å². The quantitative estimate of drug-likeness (QED) is 0.426. The third-order valence-electron chi connectivity index (χ3n) is 6.46. The maximum absolute atomic E-state index is 12.8. The van der Waals surface area contributed by atoms with Gasteiger partial charge in [-0.15, -0.1) is 0 Å². The Balaban J connectivity index is 1.21. The van der Waals surface area contributed by atoms with Gasteiger partial charge in [0.15, 0.2) is 0 Å². The van der Waals surface area contributed by atoms with E-state index < -0.39 is 15.7 Å². The van der Waals surface area contributed by atoms with Crippen LogP contribution in [0, 0.1) is 0 Å². The van der Waals surface area contributed by atoms with Crippen molar-refractivity contribution in [2.45, 2.75) is 28.6 Å². The van der Waals surface area contributed by atoms with Crippen molar-refractivity contribution in [2.24, 2.45) is 5.73 Å². The number of nitrogens with two attached hydrogens (primary N) is 1. The van der Waals surface area contributed by atoms with E-state index in [-0.39, 0.29) is 5.92 Å². The lowest BCUT2D eigenvalue weighted by Gasteiger charge is -2.15. The van der Waals surface area contributed by atoms with Crippen LogP contribution in [-0.2, 0) is 16.3 Å². The van der Waals surface area contributed by atoms with Crippen LogP contribution >= 0.6 is 0 Å². The Morgan fingerprint density at radius 2 is 1.74 bits per heavy atom. The Hall–Kier alpha value is -3.49. The first kappa shape index (κ1) is 22.3. The molecule has 1 aliphatic rings. The van der Waals surface area contributed by atoms with Crippen LogP contribution in [0.3, 0.4) is 0 Å². The number of fused-ring (bicyclic) bond motifs is 1. The molecule has 1 aliphatic heterocycles. The second kappa shape index (κ2) is 9.04. The summed E-state index contributed by atoms with van der Waals surface area (Å²) in [5.74, 6) is 0.687. The molecule has 4 aromatic rings. The summed E-state index contributed by atoms with van der Waals surface area (Å²) in [6.45, 7) is 2.73. The molecule has 1 atom stereocenters. The minimum atomic E-state index is -3.49. The fourth-order valence-corrected chi connectivity index (χ4v) is 5.84. The number of rotatable bonds is 7. The first-order valence-corrected chi connectivity index (χ1v) is 12.8. The van der Waals surface area contributed by atoms with E-state index in [4.69, 9.17) is 5.73 Å². The summed E-state index contributed by atoms with van der Waals surface area (Å²) in [6, 6.07) is 21.1. The first-order valence-electron chi connectivity index (χ1n) is 11.3. The zero-order valence-electron chi connectivity index (χ0n) is 18.6. The second-order valence-corrected chi connectivity index (χ2v) is 10.6. The molecule has 5 rings (SSSR count). The Morgan fingerprint density at radius 1 is 1.00 bits per heavy atom. The van der Waals surface area contributed by atoms with Crippen molar-refractivity contribution in [2.75, 3.05) is 19.6 Å². The molecule has 3 aromatic carbocycles. The predicted molar refractivity (Wildman–Crippen MR) is 130 cm³/mol. The maximum atomic E-state index is 12.8. The van der Waals surface area contributed by atoms with E-state index in [2.05, 4.69) is 14.9 Å². The van der Waals surface area contributed by atoms with Gasteiger partial charge in [0.25, 0.3) is 5.91 Å². The smallest absolute Gasteiger partial charge is 0.250 e. The van der Waals surface area contributed by atoms with Crippen LogP contribution in [0.4, 0.5) is 0 Å². The van der Waals surface area contributed by atoms with Crippen LogP contribution < -0.4 is 5.73 Å². The number of benzene rings is 3. The van der Waals surface area contributed by atoms with Gasteiger partial charge in [0, 0.05) is 19.0 Å². The van der Waals surface area contributed by atoms with Crippen molar-refractivity contribution in [1.29, 1.82) is 0 Å². The number of carbonyl (C=O) groups excluding carboxylic acids is 1. The average molecular weight is 475 g/mol. The van der Waals surface area contributed by atoms with Crippen molar-refractivity contribution < 1.29 is 13.2 Å². The molecule has 2 heterocycles. The van der Waals surface area contributed by atoms with E-state index in [0.29, 0.717) is 20.9 Å². The third kappa shape index (κ3) is 4.34. The van der Waals surface area contributed by atoms with Crippen molar-refractivity contribution in [3.63, 3.8) is 0 Å². The van der Waals surface area contributed by atoms with Gasteiger partial charge >= 0.3 is 0 Å². The van der Waals surface area contributed by atoms with E-state index in [1.165, 1.54) is 0 Å². The normalized spacial score (nSPS) is 16.8. The zero-order valence-corrected chi connectivity index (χ0v) is 19.5. The van der Waals surface area contributed by atoms with Crippen LogP contribution in [0.5, 0.6) is 0 Å². The van der Waals surface area contributed by atoms with Gasteiger partial charge in [0.2, 0.25) is 9.84 Å². The number of carbonyl (C=O) groups is 1. The van der Waals surface area contributed by atoms with Crippen molar-refractivity contribution in [3.8, 4) is 0 Å². The Kier molecular flexibility index (Phi) is 5.93. The molecule has 0 aliphatic carbocycles. The van der Waals surface area contributed by atoms with Gasteiger partial charge in [-0.2, -0.15) is 0 Å². The topological polar surface area (TPSA) is 109 Å². The van der Waals surface area contributed by atoms with E-state index >= 15 is 0 Å². The van der Waals surface area contributed by atoms with Crippen molar-refractivity contribution in [1.82, 2.24) is 14.9 Å². The molecular weight excluding hydrogens is 448 g/mol. The zero-order chi connectivity index (χ0) is 23.7. The van der Waals surface area contributed by atoms with Gasteiger partial charge < -0.3 is 15.6 Å². The highest BCUT2D eigenvalue weighted by Gasteiger charge is 2.26. The molecule has 34 heavy (non-hydrogen) atoms. The number of likely N-dealkylation sites (tertiary alicyclic amines) is 1. The molecule has 1 unspecified atom stereocenters. The summed E-state index contributed by atoms with van der Waals surface area (Å²) < 4.78 is 25.5. The predicted octanol–water partition coefficient (Wildman–Crippen LogP) is 3.53. The van der Waals surface area contributed by atoms with E-state index in [1.807, 2.05) is 24.3 Å². The minimum absolute atomic E-state index is 0.270. The second-order valence-electron chi connectivity index (χ2n) is 8.68. The molecule has 174 valence electrons. The number of nitrogens with one attached hydrogen (secondary N) is 1. The number of aromatic nitrogens is 2. The van der Waals surface area contributed by atoms with Gasteiger partial charge in [-0.25, -0.2) is 13.4 Å². The average Bonchev–Trinajstić information content (AvgIpc) is 3.50. The molecule has 1 fully saturated rings. The molecular formula is C26H26N4O3S. The number of hydrogen-bond donors (Lipinski definition) is 2. The van der Waals surface area contributed by atoms with Crippen LogP contribution in [-0.4, -0.2) is 48.8 Å². The molecule has 0 saturated carbocycles. The monoisotopic (exact) mass is 474 g/mol. The maximum Gasteiger partial charge on any atom is 0.250 e. The third-order valence-corrected chi connectivity index (χ3v) is 8.24. The highest BCUT2D eigenvalue weighted by atomic mass is 32.2. The van der Waals surface area contributed by atoms with Crippen molar-refractivity contribution in [3.05, 3.63) is 89.7 Å². The summed E-state index contributed by atoms with van der Waals surface area (Å²) in [4.78, 5) is 22.7. The Morgan fingerprint density at radius 3 is 2.47 bits per heavy atom.